The van der Waals surface area contributed by atoms with Gasteiger partial charge in [-0.15, -0.1) is 0 Å². The Labute approximate surface area is 189 Å². The number of rotatable bonds is 6. The molecule has 2 atom stereocenters. The van der Waals surface area contributed by atoms with Crippen LogP contribution in [0.15, 0.2) is 42.5 Å². The van der Waals surface area contributed by atoms with E-state index in [1.807, 2.05) is 12.1 Å². The Morgan fingerprint density at radius 3 is 2.59 bits per heavy atom. The normalized spacial score (nSPS) is 22.7. The van der Waals surface area contributed by atoms with Gasteiger partial charge in [0.2, 0.25) is 5.91 Å². The molecule has 7 heteroatoms. The summed E-state index contributed by atoms with van der Waals surface area (Å²) in [5.74, 6) is 0.920. The van der Waals surface area contributed by atoms with Crippen LogP contribution in [0.5, 0.6) is 11.5 Å². The number of amides is 1. The Morgan fingerprint density at radius 2 is 1.91 bits per heavy atom. The molecule has 32 heavy (non-hydrogen) atoms. The number of hydrogen-bond acceptors (Lipinski definition) is 5. The molecule has 1 amide bonds. The van der Waals surface area contributed by atoms with E-state index in [4.69, 9.17) is 4.74 Å². The number of carbonyl (C=O) groups excluding carboxylic acids is 1. The van der Waals surface area contributed by atoms with E-state index in [1.54, 1.807) is 25.3 Å². The van der Waals surface area contributed by atoms with Crippen LogP contribution in [0.3, 0.4) is 0 Å². The molecule has 2 aliphatic heterocycles. The predicted molar refractivity (Wildman–Crippen MR) is 122 cm³/mol. The molecule has 2 aromatic carbocycles. The van der Waals surface area contributed by atoms with Gasteiger partial charge in [-0.2, -0.15) is 0 Å². The third-order valence-corrected chi connectivity index (χ3v) is 6.91. The van der Waals surface area contributed by atoms with Gasteiger partial charge in [0.05, 0.1) is 13.0 Å². The van der Waals surface area contributed by atoms with E-state index in [2.05, 4.69) is 22.2 Å². The molecule has 0 saturated carbocycles. The highest BCUT2D eigenvalue weighted by Crippen LogP contribution is 2.34. The minimum atomic E-state index is -0.306. The maximum Gasteiger partial charge on any atom is 0.228 e. The maximum atomic E-state index is 13.1. The standard InChI is InChI=1S/C25H32FN3O3/c1-28-16-19(25(31)27-21-6-4-20(26)5-7-21)14-22(28)18-9-11-29(12-10-18)15-17-3-8-23(30)24(13-17)32-2/h3-8,13,18-19,22,30H,9-12,14-16H2,1-2H3,(H,27,31)/t19-,22-/m0/s1. The van der Waals surface area contributed by atoms with Gasteiger partial charge in [0.25, 0.3) is 0 Å². The summed E-state index contributed by atoms with van der Waals surface area (Å²) in [5, 5.41) is 12.7. The van der Waals surface area contributed by atoms with E-state index in [0.717, 1.165) is 51.0 Å². The van der Waals surface area contributed by atoms with Crippen LogP contribution >= 0.6 is 0 Å². The average Bonchev–Trinajstić information content (AvgIpc) is 3.19. The molecule has 2 aromatic rings. The smallest absolute Gasteiger partial charge is 0.228 e. The minimum absolute atomic E-state index is 0.0182. The lowest BCUT2D eigenvalue weighted by atomic mass is 9.86. The third-order valence-electron chi connectivity index (χ3n) is 6.91. The number of methoxy groups -OCH3 is 1. The first-order valence-electron chi connectivity index (χ1n) is 11.3. The van der Waals surface area contributed by atoms with Crippen LogP contribution in [0.25, 0.3) is 0 Å². The van der Waals surface area contributed by atoms with Crippen LogP contribution in [0, 0.1) is 17.7 Å². The zero-order valence-corrected chi connectivity index (χ0v) is 18.8. The molecule has 4 rings (SSSR count). The van der Waals surface area contributed by atoms with Crippen molar-refractivity contribution in [1.29, 1.82) is 0 Å². The minimum Gasteiger partial charge on any atom is -0.504 e. The van der Waals surface area contributed by atoms with Gasteiger partial charge in [0, 0.05) is 24.8 Å². The van der Waals surface area contributed by atoms with Crippen LogP contribution in [0.2, 0.25) is 0 Å². The summed E-state index contributed by atoms with van der Waals surface area (Å²) < 4.78 is 18.3. The first-order valence-corrected chi connectivity index (χ1v) is 11.3. The molecule has 0 unspecified atom stereocenters. The second-order valence-electron chi connectivity index (χ2n) is 9.06. The summed E-state index contributed by atoms with van der Waals surface area (Å²) in [6, 6.07) is 11.9. The molecule has 2 aliphatic rings. The molecule has 2 fully saturated rings. The second-order valence-corrected chi connectivity index (χ2v) is 9.06. The summed E-state index contributed by atoms with van der Waals surface area (Å²) in [7, 11) is 3.68. The number of phenols is 1. The van der Waals surface area contributed by atoms with E-state index in [9.17, 15) is 14.3 Å². The van der Waals surface area contributed by atoms with Gasteiger partial charge in [0.1, 0.15) is 5.82 Å². The number of nitrogens with zero attached hydrogens (tertiary/aromatic N) is 2. The van der Waals surface area contributed by atoms with Crippen LogP contribution in [-0.4, -0.2) is 60.6 Å². The third kappa shape index (κ3) is 5.22. The van der Waals surface area contributed by atoms with E-state index in [0.29, 0.717) is 23.4 Å². The lowest BCUT2D eigenvalue weighted by Gasteiger charge is -2.37. The zero-order chi connectivity index (χ0) is 22.7. The first kappa shape index (κ1) is 22.6. The van der Waals surface area contributed by atoms with Crippen LogP contribution < -0.4 is 10.1 Å². The van der Waals surface area contributed by atoms with Gasteiger partial charge >= 0.3 is 0 Å². The highest BCUT2D eigenvalue weighted by Gasteiger charge is 2.39. The molecule has 2 saturated heterocycles. The van der Waals surface area contributed by atoms with Gasteiger partial charge in [0.15, 0.2) is 11.5 Å². The number of hydrogen-bond donors (Lipinski definition) is 2. The van der Waals surface area contributed by atoms with Gasteiger partial charge in [-0.05, 0) is 87.3 Å². The highest BCUT2D eigenvalue weighted by molar-refractivity contribution is 5.92. The van der Waals surface area contributed by atoms with Crippen LogP contribution in [0.4, 0.5) is 10.1 Å². The van der Waals surface area contributed by atoms with Gasteiger partial charge in [-0.1, -0.05) is 6.07 Å². The number of nitrogens with one attached hydrogen (secondary N) is 1. The molecule has 0 radical (unpaired) electrons. The molecule has 2 heterocycles. The fraction of sp³-hybridized carbons (Fsp3) is 0.480. The van der Waals surface area contributed by atoms with Crippen molar-refractivity contribution in [3.63, 3.8) is 0 Å². The quantitative estimate of drug-likeness (QED) is 0.716. The van der Waals surface area contributed by atoms with E-state index >= 15 is 0 Å². The van der Waals surface area contributed by atoms with Gasteiger partial charge in [-0.3, -0.25) is 9.69 Å². The van der Waals surface area contributed by atoms with Crippen molar-refractivity contribution in [2.75, 3.05) is 39.1 Å². The molecule has 2 N–H and O–H groups in total. The summed E-state index contributed by atoms with van der Waals surface area (Å²) in [4.78, 5) is 17.5. The lowest BCUT2D eigenvalue weighted by molar-refractivity contribution is -0.119. The number of ether oxygens (including phenoxy) is 1. The van der Waals surface area contributed by atoms with Crippen molar-refractivity contribution in [2.24, 2.45) is 11.8 Å². The van der Waals surface area contributed by atoms with Gasteiger partial charge < -0.3 is 20.1 Å². The number of benzene rings is 2. The number of piperidine rings is 1. The maximum absolute atomic E-state index is 13.1. The number of phenolic OH excluding ortho intramolecular Hbond substituents is 1. The lowest BCUT2D eigenvalue weighted by Crippen LogP contribution is -2.41. The first-order chi connectivity index (χ1) is 15.4. The Balaban J connectivity index is 1.28. The topological polar surface area (TPSA) is 65.0 Å². The molecule has 0 aromatic heterocycles. The SMILES string of the molecule is COc1cc(CN2CCC([C@@H]3C[C@H](C(=O)Nc4ccc(F)cc4)CN3C)CC2)ccc1O. The van der Waals surface area contributed by atoms with Crippen LogP contribution in [0.1, 0.15) is 24.8 Å². The number of carbonyl (C=O) groups is 1. The number of aromatic hydroxyl groups is 1. The monoisotopic (exact) mass is 441 g/mol. The molecule has 6 nitrogen and oxygen atoms in total. The Kier molecular flexibility index (Phi) is 6.96. The summed E-state index contributed by atoms with van der Waals surface area (Å²) in [6.45, 7) is 3.63. The fourth-order valence-corrected chi connectivity index (χ4v) is 5.12. The molecule has 0 bridgehead atoms. The second kappa shape index (κ2) is 9.88. The predicted octanol–water partition coefficient (Wildman–Crippen LogP) is 3.71. The van der Waals surface area contributed by atoms with Crippen molar-refractivity contribution in [3.8, 4) is 11.5 Å². The molecule has 172 valence electrons. The number of anilines is 1. The molecule has 0 aliphatic carbocycles. The largest absolute Gasteiger partial charge is 0.504 e. The van der Waals surface area contributed by atoms with Crippen molar-refractivity contribution in [2.45, 2.75) is 31.8 Å². The zero-order valence-electron chi connectivity index (χ0n) is 18.8. The Hall–Kier alpha value is -2.64. The van der Waals surface area contributed by atoms with Crippen molar-refractivity contribution < 1.29 is 19.0 Å². The Bertz CT molecular complexity index is 929. The average molecular weight is 442 g/mol. The molecular formula is C25H32FN3O3. The number of likely N-dealkylation sites (tertiary alicyclic amines) is 2. The number of halogens is 1. The Morgan fingerprint density at radius 1 is 1.19 bits per heavy atom. The summed E-state index contributed by atoms with van der Waals surface area (Å²) in [5.41, 5.74) is 1.77. The van der Waals surface area contributed by atoms with Crippen molar-refractivity contribution >= 4 is 11.6 Å². The molecular weight excluding hydrogens is 409 g/mol. The van der Waals surface area contributed by atoms with Gasteiger partial charge in [-0.25, -0.2) is 4.39 Å². The highest BCUT2D eigenvalue weighted by atomic mass is 19.1. The van der Waals surface area contributed by atoms with Crippen molar-refractivity contribution in [3.05, 3.63) is 53.8 Å². The van der Waals surface area contributed by atoms with E-state index in [-0.39, 0.29) is 23.4 Å². The summed E-state index contributed by atoms with van der Waals surface area (Å²) in [6.07, 6.45) is 3.08. The fourth-order valence-electron chi connectivity index (χ4n) is 5.12. The van der Waals surface area contributed by atoms with Crippen LogP contribution in [-0.2, 0) is 11.3 Å². The van der Waals surface area contributed by atoms with E-state index < -0.39 is 0 Å². The molecule has 0 spiro atoms. The van der Waals surface area contributed by atoms with Crippen molar-refractivity contribution in [1.82, 2.24) is 9.80 Å². The summed E-state index contributed by atoms with van der Waals surface area (Å²) >= 11 is 0. The van der Waals surface area contributed by atoms with E-state index in [1.165, 1.54) is 12.1 Å².